The third-order valence-electron chi connectivity index (χ3n) is 3.43. The summed E-state index contributed by atoms with van der Waals surface area (Å²) in [6, 6.07) is 15.5. The van der Waals surface area contributed by atoms with Crippen molar-refractivity contribution < 1.29 is 9.90 Å². The molecule has 2 rings (SSSR count). The molecule has 0 unspecified atom stereocenters. The van der Waals surface area contributed by atoms with Crippen LogP contribution in [0.15, 0.2) is 53.4 Å². The van der Waals surface area contributed by atoms with E-state index >= 15 is 0 Å². The van der Waals surface area contributed by atoms with Crippen LogP contribution < -0.4 is 0 Å². The second kappa shape index (κ2) is 7.70. The van der Waals surface area contributed by atoms with Crippen molar-refractivity contribution in [2.24, 2.45) is 0 Å². The normalized spacial score (nSPS) is 12.4. The Morgan fingerprint density at radius 3 is 2.18 bits per heavy atom. The Labute approximate surface area is 140 Å². The van der Waals surface area contributed by atoms with Gasteiger partial charge in [-0.1, -0.05) is 49.7 Å². The fourth-order valence-electron chi connectivity index (χ4n) is 2.11. The van der Waals surface area contributed by atoms with Gasteiger partial charge in [0.15, 0.2) is 0 Å². The summed E-state index contributed by atoms with van der Waals surface area (Å²) >= 11 is 7.24. The van der Waals surface area contributed by atoms with Crippen molar-refractivity contribution in [3.05, 3.63) is 64.7 Å². The second-order valence-corrected chi connectivity index (χ2v) is 7.21. The van der Waals surface area contributed by atoms with Gasteiger partial charge in [-0.2, -0.15) is 0 Å². The Balaban J connectivity index is 2.08. The van der Waals surface area contributed by atoms with Gasteiger partial charge >= 0.3 is 5.97 Å². The molecule has 2 aromatic rings. The molecular formula is C18H19ClO2S. The smallest absolute Gasteiger partial charge is 0.317 e. The third kappa shape index (κ3) is 4.79. The van der Waals surface area contributed by atoms with Gasteiger partial charge in [0.2, 0.25) is 0 Å². The highest BCUT2D eigenvalue weighted by Gasteiger charge is 2.19. The molecule has 0 fully saturated rings. The van der Waals surface area contributed by atoms with Crippen molar-refractivity contribution >= 4 is 29.3 Å². The molecular weight excluding hydrogens is 316 g/mol. The molecule has 0 aliphatic heterocycles. The molecule has 1 N–H and O–H groups in total. The molecule has 2 aromatic carbocycles. The van der Waals surface area contributed by atoms with E-state index in [2.05, 4.69) is 26.0 Å². The van der Waals surface area contributed by atoms with E-state index < -0.39 is 11.2 Å². The maximum atomic E-state index is 11.5. The number of halogens is 1. The number of hydrogen-bond acceptors (Lipinski definition) is 2. The molecule has 4 heteroatoms. The van der Waals surface area contributed by atoms with E-state index in [1.165, 1.54) is 17.3 Å². The van der Waals surface area contributed by atoms with Crippen LogP contribution in [-0.2, 0) is 11.2 Å². The summed E-state index contributed by atoms with van der Waals surface area (Å²) in [6.45, 7) is 4.28. The maximum Gasteiger partial charge on any atom is 0.317 e. The van der Waals surface area contributed by atoms with Crippen LogP contribution in [0, 0.1) is 0 Å². The molecule has 0 heterocycles. The molecule has 2 nitrogen and oxygen atoms in total. The van der Waals surface area contributed by atoms with E-state index in [1.807, 2.05) is 24.3 Å². The number of carboxylic acid groups (broad SMARTS) is 1. The highest BCUT2D eigenvalue weighted by molar-refractivity contribution is 8.00. The van der Waals surface area contributed by atoms with Crippen LogP contribution in [0.2, 0.25) is 5.02 Å². The predicted octanol–water partition coefficient (Wildman–Crippen LogP) is 5.25. The van der Waals surface area contributed by atoms with Crippen LogP contribution in [0.25, 0.3) is 0 Å². The monoisotopic (exact) mass is 334 g/mol. The Morgan fingerprint density at radius 2 is 1.68 bits per heavy atom. The molecule has 116 valence electrons. The topological polar surface area (TPSA) is 37.3 Å². The van der Waals surface area contributed by atoms with Gasteiger partial charge in [-0.3, -0.25) is 4.79 Å². The van der Waals surface area contributed by atoms with E-state index in [0.29, 0.717) is 17.4 Å². The Bertz CT molecular complexity index is 621. The van der Waals surface area contributed by atoms with Crippen LogP contribution in [0.5, 0.6) is 0 Å². The first-order valence-electron chi connectivity index (χ1n) is 7.19. The van der Waals surface area contributed by atoms with Gasteiger partial charge < -0.3 is 5.11 Å². The van der Waals surface area contributed by atoms with Crippen molar-refractivity contribution in [2.45, 2.75) is 36.3 Å². The molecule has 22 heavy (non-hydrogen) atoms. The van der Waals surface area contributed by atoms with Crippen LogP contribution in [0.1, 0.15) is 30.9 Å². The van der Waals surface area contributed by atoms with Crippen LogP contribution >= 0.6 is 23.4 Å². The van der Waals surface area contributed by atoms with E-state index in [0.717, 1.165) is 10.5 Å². The lowest BCUT2D eigenvalue weighted by Gasteiger charge is -2.13. The molecule has 0 aromatic heterocycles. The minimum Gasteiger partial charge on any atom is -0.480 e. The first-order chi connectivity index (χ1) is 10.5. The largest absolute Gasteiger partial charge is 0.480 e. The average molecular weight is 335 g/mol. The maximum absolute atomic E-state index is 11.5. The summed E-state index contributed by atoms with van der Waals surface area (Å²) in [6.07, 6.45) is 0.475. The number of benzene rings is 2. The minimum absolute atomic E-state index is 0.475. The summed E-state index contributed by atoms with van der Waals surface area (Å²) in [4.78, 5) is 12.5. The highest BCUT2D eigenvalue weighted by atomic mass is 35.5. The standard InChI is InChI=1S/C18H19ClO2S/c1-12(2)14-5-9-16(10-6-14)22-17(18(20)21)11-13-3-7-15(19)8-4-13/h3-10,12,17H,11H2,1-2H3,(H,20,21)/t17-/m0/s1. The van der Waals surface area contributed by atoms with Gasteiger partial charge in [-0.15, -0.1) is 11.8 Å². The average Bonchev–Trinajstić information content (AvgIpc) is 2.49. The van der Waals surface area contributed by atoms with E-state index in [4.69, 9.17) is 11.6 Å². The summed E-state index contributed by atoms with van der Waals surface area (Å²) in [5.41, 5.74) is 2.23. The lowest BCUT2D eigenvalue weighted by Crippen LogP contribution is -2.19. The molecule has 0 bridgehead atoms. The van der Waals surface area contributed by atoms with E-state index in [9.17, 15) is 9.90 Å². The Kier molecular flexibility index (Phi) is 5.92. The zero-order valence-electron chi connectivity index (χ0n) is 12.6. The molecule has 0 radical (unpaired) electrons. The van der Waals surface area contributed by atoms with Gasteiger partial charge in [0, 0.05) is 9.92 Å². The van der Waals surface area contributed by atoms with Crippen LogP contribution in [0.3, 0.4) is 0 Å². The minimum atomic E-state index is -0.798. The molecule has 0 aliphatic rings. The van der Waals surface area contributed by atoms with Gasteiger partial charge in [0.1, 0.15) is 5.25 Å². The quantitative estimate of drug-likeness (QED) is 0.733. The van der Waals surface area contributed by atoms with Gasteiger partial charge in [-0.25, -0.2) is 0 Å². The number of thioether (sulfide) groups is 1. The lowest BCUT2D eigenvalue weighted by atomic mass is 10.0. The molecule has 0 saturated heterocycles. The molecule has 0 spiro atoms. The van der Waals surface area contributed by atoms with Crippen molar-refractivity contribution in [3.8, 4) is 0 Å². The Hall–Kier alpha value is -1.45. The van der Waals surface area contributed by atoms with Crippen LogP contribution in [-0.4, -0.2) is 16.3 Å². The molecule has 0 saturated carbocycles. The van der Waals surface area contributed by atoms with Crippen molar-refractivity contribution in [1.29, 1.82) is 0 Å². The molecule has 0 amide bonds. The van der Waals surface area contributed by atoms with Gasteiger partial charge in [-0.05, 0) is 47.7 Å². The lowest BCUT2D eigenvalue weighted by molar-refractivity contribution is -0.136. The van der Waals surface area contributed by atoms with Gasteiger partial charge in [0.25, 0.3) is 0 Å². The second-order valence-electron chi connectivity index (χ2n) is 5.50. The summed E-state index contributed by atoms with van der Waals surface area (Å²) in [7, 11) is 0. The first kappa shape index (κ1) is 16.9. The number of rotatable bonds is 6. The van der Waals surface area contributed by atoms with Gasteiger partial charge in [0.05, 0.1) is 0 Å². The number of carboxylic acids is 1. The predicted molar refractivity (Wildman–Crippen MR) is 93.0 cm³/mol. The first-order valence-corrected chi connectivity index (χ1v) is 8.45. The summed E-state index contributed by atoms with van der Waals surface area (Å²) < 4.78 is 0. The van der Waals surface area contributed by atoms with Crippen molar-refractivity contribution in [1.82, 2.24) is 0 Å². The summed E-state index contributed by atoms with van der Waals surface area (Å²) in [5, 5.41) is 9.60. The van der Waals surface area contributed by atoms with E-state index in [-0.39, 0.29) is 0 Å². The zero-order chi connectivity index (χ0) is 16.1. The fourth-order valence-corrected chi connectivity index (χ4v) is 3.23. The number of hydrogen-bond donors (Lipinski definition) is 1. The molecule has 0 aliphatic carbocycles. The highest BCUT2D eigenvalue weighted by Crippen LogP contribution is 2.28. The van der Waals surface area contributed by atoms with E-state index in [1.54, 1.807) is 12.1 Å². The van der Waals surface area contributed by atoms with Crippen molar-refractivity contribution in [2.75, 3.05) is 0 Å². The molecule has 1 atom stereocenters. The number of aliphatic carboxylic acids is 1. The Morgan fingerprint density at radius 1 is 1.09 bits per heavy atom. The SMILES string of the molecule is CC(C)c1ccc(S[C@@H](Cc2ccc(Cl)cc2)C(=O)O)cc1. The third-order valence-corrected chi connectivity index (χ3v) is 4.88. The van der Waals surface area contributed by atoms with Crippen LogP contribution in [0.4, 0.5) is 0 Å². The van der Waals surface area contributed by atoms with Crippen molar-refractivity contribution in [3.63, 3.8) is 0 Å². The fraction of sp³-hybridized carbons (Fsp3) is 0.278. The summed E-state index contributed by atoms with van der Waals surface area (Å²) in [5.74, 6) is -0.323. The zero-order valence-corrected chi connectivity index (χ0v) is 14.2. The number of carbonyl (C=O) groups is 1.